The molecular weight excluding hydrogens is 386 g/mol. The molecule has 1 fully saturated rings. The molecule has 1 aromatic heterocycles. The van der Waals surface area contributed by atoms with Crippen LogP contribution in [0.25, 0.3) is 10.8 Å². The number of nitrogens with zero attached hydrogens (tertiary/aromatic N) is 3. The van der Waals surface area contributed by atoms with Crippen molar-refractivity contribution in [1.82, 2.24) is 14.7 Å². The van der Waals surface area contributed by atoms with E-state index in [0.717, 1.165) is 30.0 Å². The van der Waals surface area contributed by atoms with Gasteiger partial charge in [-0.05, 0) is 31.2 Å². The van der Waals surface area contributed by atoms with Gasteiger partial charge in [-0.25, -0.2) is 18.1 Å². The van der Waals surface area contributed by atoms with Gasteiger partial charge in [0.2, 0.25) is 16.0 Å². The first-order valence-corrected chi connectivity index (χ1v) is 11.3. The zero-order chi connectivity index (χ0) is 20.3. The highest BCUT2D eigenvalue weighted by Gasteiger charge is 2.17. The van der Waals surface area contributed by atoms with E-state index >= 15 is 0 Å². The van der Waals surface area contributed by atoms with Crippen LogP contribution in [-0.2, 0) is 10.0 Å². The molecule has 0 radical (unpaired) electrons. The van der Waals surface area contributed by atoms with Crippen molar-refractivity contribution < 1.29 is 8.42 Å². The molecule has 0 atom stereocenters. The van der Waals surface area contributed by atoms with Gasteiger partial charge < -0.3 is 10.2 Å². The number of aromatic nitrogens is 2. The third kappa shape index (κ3) is 4.49. The van der Waals surface area contributed by atoms with E-state index in [1.54, 1.807) is 12.1 Å². The van der Waals surface area contributed by atoms with E-state index in [4.69, 9.17) is 0 Å². The molecule has 0 aliphatic carbocycles. The van der Waals surface area contributed by atoms with Crippen molar-refractivity contribution in [1.29, 1.82) is 0 Å². The summed E-state index contributed by atoms with van der Waals surface area (Å²) in [7, 11) is -3.61. The topological polar surface area (TPSA) is 87.2 Å². The summed E-state index contributed by atoms with van der Waals surface area (Å²) in [5, 5.41) is 4.75. The molecule has 2 aromatic carbocycles. The number of sulfonamides is 1. The predicted molar refractivity (Wildman–Crippen MR) is 116 cm³/mol. The normalized spacial score (nSPS) is 14.4. The largest absolute Gasteiger partial charge is 0.356 e. The zero-order valence-electron chi connectivity index (χ0n) is 16.4. The van der Waals surface area contributed by atoms with Crippen LogP contribution in [0.5, 0.6) is 0 Å². The average molecular weight is 412 g/mol. The highest BCUT2D eigenvalue weighted by Crippen LogP contribution is 2.22. The van der Waals surface area contributed by atoms with E-state index in [9.17, 15) is 8.42 Å². The van der Waals surface area contributed by atoms with Crippen molar-refractivity contribution >= 4 is 32.6 Å². The van der Waals surface area contributed by atoms with Gasteiger partial charge in [0.15, 0.2) is 0 Å². The Hall–Kier alpha value is -2.71. The Morgan fingerprint density at radius 2 is 1.76 bits per heavy atom. The lowest BCUT2D eigenvalue weighted by molar-refractivity contribution is 0.583. The average Bonchev–Trinajstić information content (AvgIpc) is 3.25. The van der Waals surface area contributed by atoms with E-state index in [2.05, 4.69) is 24.9 Å². The number of anilines is 2. The standard InChI is InChI=1S/C21H25N5O2S/c1-16-15-20(26-13-4-5-14-26)25-21(24-16)22-11-12-23-29(27,28)19-10-6-8-17-7-2-3-9-18(17)19/h2-3,6-10,15,23H,4-5,11-14H2,1H3,(H,22,24,25). The fourth-order valence-electron chi connectivity index (χ4n) is 3.61. The van der Waals surface area contributed by atoms with Gasteiger partial charge >= 0.3 is 0 Å². The first kappa shape index (κ1) is 19.6. The molecule has 3 aromatic rings. The minimum absolute atomic E-state index is 0.238. The SMILES string of the molecule is Cc1cc(N2CCCC2)nc(NCCNS(=O)(=O)c2cccc3ccccc23)n1. The fourth-order valence-corrected chi connectivity index (χ4v) is 4.87. The van der Waals surface area contributed by atoms with E-state index in [1.807, 2.05) is 43.3 Å². The summed E-state index contributed by atoms with van der Waals surface area (Å²) in [6.45, 7) is 4.60. The molecule has 4 rings (SSSR count). The van der Waals surface area contributed by atoms with Crippen molar-refractivity contribution in [3.8, 4) is 0 Å². The Bertz CT molecular complexity index is 1110. The first-order chi connectivity index (χ1) is 14.0. The van der Waals surface area contributed by atoms with Gasteiger partial charge in [-0.2, -0.15) is 4.98 Å². The highest BCUT2D eigenvalue weighted by molar-refractivity contribution is 7.89. The monoisotopic (exact) mass is 411 g/mol. The molecule has 0 spiro atoms. The van der Waals surface area contributed by atoms with Crippen LogP contribution < -0.4 is 14.9 Å². The van der Waals surface area contributed by atoms with Crippen molar-refractivity contribution in [3.05, 3.63) is 54.2 Å². The van der Waals surface area contributed by atoms with Gasteiger partial charge in [0.1, 0.15) is 5.82 Å². The summed E-state index contributed by atoms with van der Waals surface area (Å²) in [5.41, 5.74) is 0.890. The molecule has 1 aliphatic heterocycles. The summed E-state index contributed by atoms with van der Waals surface area (Å²) in [4.78, 5) is 11.5. The summed E-state index contributed by atoms with van der Waals surface area (Å²) in [6, 6.07) is 14.7. The quantitative estimate of drug-likeness (QED) is 0.582. The lowest BCUT2D eigenvalue weighted by Crippen LogP contribution is -2.29. The molecule has 0 saturated carbocycles. The lowest BCUT2D eigenvalue weighted by Gasteiger charge is -2.17. The molecule has 2 heterocycles. The lowest BCUT2D eigenvalue weighted by atomic mass is 10.1. The number of nitrogens with one attached hydrogen (secondary N) is 2. The van der Waals surface area contributed by atoms with Gasteiger partial charge in [-0.3, -0.25) is 0 Å². The Kier molecular flexibility index (Phi) is 5.64. The number of aryl methyl sites for hydroxylation is 1. The van der Waals surface area contributed by atoms with Crippen LogP contribution in [0.15, 0.2) is 53.4 Å². The molecule has 1 aliphatic rings. The second-order valence-corrected chi connectivity index (χ2v) is 8.92. The van der Waals surface area contributed by atoms with Crippen LogP contribution in [0.3, 0.4) is 0 Å². The zero-order valence-corrected chi connectivity index (χ0v) is 17.2. The van der Waals surface area contributed by atoms with Crippen molar-refractivity contribution in [2.75, 3.05) is 36.4 Å². The van der Waals surface area contributed by atoms with E-state index in [1.165, 1.54) is 12.8 Å². The second kappa shape index (κ2) is 8.34. The summed E-state index contributed by atoms with van der Waals surface area (Å²) < 4.78 is 28.2. The summed E-state index contributed by atoms with van der Waals surface area (Å²) >= 11 is 0. The van der Waals surface area contributed by atoms with E-state index in [-0.39, 0.29) is 6.54 Å². The van der Waals surface area contributed by atoms with Gasteiger partial charge in [-0.15, -0.1) is 0 Å². The second-order valence-electron chi connectivity index (χ2n) is 7.19. The predicted octanol–water partition coefficient (Wildman–Crippen LogP) is 2.93. The molecular formula is C21H25N5O2S. The summed E-state index contributed by atoms with van der Waals surface area (Å²) in [5.74, 6) is 1.45. The van der Waals surface area contributed by atoms with Crippen LogP contribution in [0.4, 0.5) is 11.8 Å². The van der Waals surface area contributed by atoms with E-state index < -0.39 is 10.0 Å². The smallest absolute Gasteiger partial charge is 0.241 e. The fraction of sp³-hybridized carbons (Fsp3) is 0.333. The van der Waals surface area contributed by atoms with Crippen molar-refractivity contribution in [3.63, 3.8) is 0 Å². The van der Waals surface area contributed by atoms with Gasteiger partial charge in [0.25, 0.3) is 0 Å². The van der Waals surface area contributed by atoms with Gasteiger partial charge in [0.05, 0.1) is 4.90 Å². The Balaban J connectivity index is 1.40. The molecule has 0 bridgehead atoms. The maximum Gasteiger partial charge on any atom is 0.241 e. The Labute approximate surface area is 171 Å². The molecule has 0 unspecified atom stereocenters. The number of fused-ring (bicyclic) bond motifs is 1. The van der Waals surface area contributed by atoms with Crippen LogP contribution in [0, 0.1) is 6.92 Å². The van der Waals surface area contributed by atoms with Crippen LogP contribution in [-0.4, -0.2) is 44.6 Å². The molecule has 2 N–H and O–H groups in total. The van der Waals surface area contributed by atoms with Crippen molar-refractivity contribution in [2.24, 2.45) is 0 Å². The minimum Gasteiger partial charge on any atom is -0.356 e. The van der Waals surface area contributed by atoms with Gasteiger partial charge in [0, 0.05) is 43.3 Å². The first-order valence-electron chi connectivity index (χ1n) is 9.85. The molecule has 152 valence electrons. The summed E-state index contributed by atoms with van der Waals surface area (Å²) in [6.07, 6.45) is 2.36. The van der Waals surface area contributed by atoms with E-state index in [0.29, 0.717) is 22.8 Å². The Morgan fingerprint density at radius 3 is 2.59 bits per heavy atom. The van der Waals surface area contributed by atoms with Crippen LogP contribution >= 0.6 is 0 Å². The third-order valence-corrected chi connectivity index (χ3v) is 6.53. The maximum absolute atomic E-state index is 12.8. The number of hydrogen-bond donors (Lipinski definition) is 2. The minimum atomic E-state index is -3.61. The van der Waals surface area contributed by atoms with Crippen molar-refractivity contribution in [2.45, 2.75) is 24.7 Å². The molecule has 29 heavy (non-hydrogen) atoms. The molecule has 0 amide bonds. The Morgan fingerprint density at radius 1 is 1.00 bits per heavy atom. The maximum atomic E-state index is 12.8. The van der Waals surface area contributed by atoms with Gasteiger partial charge in [-0.1, -0.05) is 36.4 Å². The highest BCUT2D eigenvalue weighted by atomic mass is 32.2. The molecule has 8 heteroatoms. The third-order valence-electron chi connectivity index (χ3n) is 5.01. The van der Waals surface area contributed by atoms with Crippen LogP contribution in [0.1, 0.15) is 18.5 Å². The number of hydrogen-bond acceptors (Lipinski definition) is 6. The number of rotatable bonds is 7. The van der Waals surface area contributed by atoms with Crippen LogP contribution in [0.2, 0.25) is 0 Å². The number of benzene rings is 2. The molecule has 1 saturated heterocycles. The molecule has 7 nitrogen and oxygen atoms in total.